The van der Waals surface area contributed by atoms with Crippen molar-refractivity contribution in [1.82, 2.24) is 10.2 Å². The van der Waals surface area contributed by atoms with Crippen LogP contribution in [0.4, 0.5) is 5.69 Å². The van der Waals surface area contributed by atoms with Gasteiger partial charge in [-0.25, -0.2) is 0 Å². The summed E-state index contributed by atoms with van der Waals surface area (Å²) in [6, 6.07) is 11.9. The third kappa shape index (κ3) is 3.22. The monoisotopic (exact) mass is 375 g/mol. The summed E-state index contributed by atoms with van der Waals surface area (Å²) in [6.45, 7) is 0.728. The predicted molar refractivity (Wildman–Crippen MR) is 97.9 cm³/mol. The second-order valence-corrected chi connectivity index (χ2v) is 8.01. The second-order valence-electron chi connectivity index (χ2n) is 5.00. The minimum absolute atomic E-state index is 0.0589. The van der Waals surface area contributed by atoms with Crippen LogP contribution in [0, 0.1) is 0 Å². The molecule has 24 heavy (non-hydrogen) atoms. The van der Waals surface area contributed by atoms with E-state index in [4.69, 9.17) is 4.42 Å². The van der Waals surface area contributed by atoms with Crippen LogP contribution < -0.4 is 4.90 Å². The number of amides is 1. The topological polar surface area (TPSA) is 59.2 Å². The van der Waals surface area contributed by atoms with Crippen LogP contribution in [0.15, 0.2) is 56.3 Å². The molecule has 3 aromatic rings. The van der Waals surface area contributed by atoms with Gasteiger partial charge in [0.1, 0.15) is 0 Å². The molecular formula is C16H13N3O2S3. The Morgan fingerprint density at radius 2 is 2.17 bits per heavy atom. The van der Waals surface area contributed by atoms with Gasteiger partial charge in [-0.2, -0.15) is 0 Å². The number of hydrogen-bond acceptors (Lipinski definition) is 7. The lowest BCUT2D eigenvalue weighted by Crippen LogP contribution is -2.36. The van der Waals surface area contributed by atoms with Crippen molar-refractivity contribution in [3.8, 4) is 10.8 Å². The highest BCUT2D eigenvalue weighted by Crippen LogP contribution is 2.35. The van der Waals surface area contributed by atoms with Crippen molar-refractivity contribution in [2.45, 2.75) is 10.1 Å². The first-order chi connectivity index (χ1) is 11.8. The van der Waals surface area contributed by atoms with E-state index < -0.39 is 0 Å². The van der Waals surface area contributed by atoms with Crippen LogP contribution in [0.5, 0.6) is 0 Å². The Morgan fingerprint density at radius 1 is 1.25 bits per heavy atom. The van der Waals surface area contributed by atoms with Crippen LogP contribution in [0.3, 0.4) is 0 Å². The third-order valence-corrected chi connectivity index (χ3v) is 6.19. The number of carbonyl (C=O) groups is 1. The van der Waals surface area contributed by atoms with Gasteiger partial charge in [-0.05, 0) is 23.6 Å². The second kappa shape index (κ2) is 7.00. The zero-order valence-corrected chi connectivity index (χ0v) is 15.0. The Labute approximate surface area is 151 Å². The predicted octanol–water partition coefficient (Wildman–Crippen LogP) is 4.03. The lowest BCUT2D eigenvalue weighted by atomic mass is 10.3. The minimum atomic E-state index is 0.0589. The molecule has 0 fully saturated rings. The molecule has 0 saturated heterocycles. The van der Waals surface area contributed by atoms with Crippen molar-refractivity contribution >= 4 is 46.5 Å². The molecular weight excluding hydrogens is 362 g/mol. The van der Waals surface area contributed by atoms with E-state index >= 15 is 0 Å². The Balaban J connectivity index is 1.43. The first-order valence-corrected chi connectivity index (χ1v) is 10.2. The Hall–Kier alpha value is -1.77. The summed E-state index contributed by atoms with van der Waals surface area (Å²) in [5.41, 5.74) is 0.990. The number of fused-ring (bicyclic) bond motifs is 1. The molecule has 1 amide bonds. The van der Waals surface area contributed by atoms with Crippen LogP contribution >= 0.6 is 34.9 Å². The number of thiophene rings is 1. The summed E-state index contributed by atoms with van der Waals surface area (Å²) < 4.78 is 5.61. The number of carbonyl (C=O) groups excluding carboxylic acids is 1. The Morgan fingerprint density at radius 3 is 3.04 bits per heavy atom. The SMILES string of the molecule is O=C(CSc1nnc(-c2cccs2)o1)N1CCSc2ccccc21. The van der Waals surface area contributed by atoms with Gasteiger partial charge in [0.2, 0.25) is 5.91 Å². The largest absolute Gasteiger partial charge is 0.410 e. The summed E-state index contributed by atoms with van der Waals surface area (Å²) in [5, 5.41) is 10.4. The molecule has 3 heterocycles. The average molecular weight is 376 g/mol. The standard InChI is InChI=1S/C16H13N3O2S3/c20-14(19-7-9-23-12-5-2-1-4-11(12)19)10-24-16-18-17-15(21-16)13-6-3-8-22-13/h1-6,8H,7,9-10H2. The van der Waals surface area contributed by atoms with Gasteiger partial charge in [0.15, 0.2) is 0 Å². The molecule has 0 saturated carbocycles. The number of para-hydroxylation sites is 1. The van der Waals surface area contributed by atoms with Crippen molar-refractivity contribution < 1.29 is 9.21 Å². The first kappa shape index (κ1) is 15.7. The maximum absolute atomic E-state index is 12.6. The summed E-state index contributed by atoms with van der Waals surface area (Å²) in [6.07, 6.45) is 0. The number of thioether (sulfide) groups is 2. The van der Waals surface area contributed by atoms with Gasteiger partial charge >= 0.3 is 0 Å². The number of nitrogens with zero attached hydrogens (tertiary/aromatic N) is 3. The Bertz CT molecular complexity index is 848. The molecule has 2 aromatic heterocycles. The van der Waals surface area contributed by atoms with Crippen LogP contribution in [-0.2, 0) is 4.79 Å². The van der Waals surface area contributed by atoms with E-state index in [9.17, 15) is 4.79 Å². The number of hydrogen-bond donors (Lipinski definition) is 0. The van der Waals surface area contributed by atoms with E-state index in [-0.39, 0.29) is 11.7 Å². The van der Waals surface area contributed by atoms with Gasteiger partial charge in [0, 0.05) is 17.2 Å². The number of anilines is 1. The summed E-state index contributed by atoms with van der Waals surface area (Å²) in [7, 11) is 0. The van der Waals surface area contributed by atoms with E-state index in [0.29, 0.717) is 11.1 Å². The van der Waals surface area contributed by atoms with Crippen molar-refractivity contribution in [3.05, 3.63) is 41.8 Å². The van der Waals surface area contributed by atoms with Gasteiger partial charge < -0.3 is 9.32 Å². The fourth-order valence-electron chi connectivity index (χ4n) is 2.40. The zero-order valence-electron chi connectivity index (χ0n) is 12.5. The molecule has 122 valence electrons. The minimum Gasteiger partial charge on any atom is -0.410 e. The molecule has 0 bridgehead atoms. The fraction of sp³-hybridized carbons (Fsp3) is 0.188. The van der Waals surface area contributed by atoms with E-state index in [1.807, 2.05) is 40.6 Å². The highest BCUT2D eigenvalue weighted by Gasteiger charge is 2.23. The normalized spacial score (nSPS) is 13.8. The van der Waals surface area contributed by atoms with Crippen molar-refractivity contribution in [2.75, 3.05) is 23.0 Å². The van der Waals surface area contributed by atoms with Crippen molar-refractivity contribution in [1.29, 1.82) is 0 Å². The lowest BCUT2D eigenvalue weighted by Gasteiger charge is -2.28. The lowest BCUT2D eigenvalue weighted by molar-refractivity contribution is -0.116. The van der Waals surface area contributed by atoms with Crippen molar-refractivity contribution in [3.63, 3.8) is 0 Å². The highest BCUT2D eigenvalue weighted by atomic mass is 32.2. The van der Waals surface area contributed by atoms with E-state index in [2.05, 4.69) is 16.3 Å². The average Bonchev–Trinajstić information content (AvgIpc) is 3.30. The number of aromatic nitrogens is 2. The van der Waals surface area contributed by atoms with Gasteiger partial charge in [-0.1, -0.05) is 30.0 Å². The summed E-state index contributed by atoms with van der Waals surface area (Å²) >= 11 is 4.61. The fourth-order valence-corrected chi connectivity index (χ4v) is 4.68. The van der Waals surface area contributed by atoms with Gasteiger partial charge in [-0.15, -0.1) is 33.3 Å². The highest BCUT2D eigenvalue weighted by molar-refractivity contribution is 8.00. The summed E-state index contributed by atoms with van der Waals surface area (Å²) in [5.74, 6) is 1.75. The van der Waals surface area contributed by atoms with Gasteiger partial charge in [0.25, 0.3) is 11.1 Å². The molecule has 1 aliphatic heterocycles. The maximum Gasteiger partial charge on any atom is 0.277 e. The molecule has 1 aromatic carbocycles. The molecule has 0 N–H and O–H groups in total. The molecule has 4 rings (SSSR count). The van der Waals surface area contributed by atoms with E-state index in [0.717, 1.165) is 27.8 Å². The molecule has 1 aliphatic rings. The molecule has 0 unspecified atom stereocenters. The van der Waals surface area contributed by atoms with Crippen LogP contribution in [0.1, 0.15) is 0 Å². The van der Waals surface area contributed by atoms with Crippen molar-refractivity contribution in [2.24, 2.45) is 0 Å². The molecule has 5 nitrogen and oxygen atoms in total. The molecule has 8 heteroatoms. The van der Waals surface area contributed by atoms with Crippen LogP contribution in [0.2, 0.25) is 0 Å². The van der Waals surface area contributed by atoms with Crippen LogP contribution in [0.25, 0.3) is 10.8 Å². The van der Waals surface area contributed by atoms with E-state index in [1.165, 1.54) is 11.8 Å². The molecule has 0 aliphatic carbocycles. The zero-order chi connectivity index (χ0) is 16.4. The van der Waals surface area contributed by atoms with Gasteiger partial charge in [0.05, 0.1) is 16.3 Å². The Kier molecular flexibility index (Phi) is 4.59. The molecule has 0 radical (unpaired) electrons. The first-order valence-electron chi connectivity index (χ1n) is 7.33. The molecule has 0 atom stereocenters. The molecule has 0 spiro atoms. The maximum atomic E-state index is 12.6. The van der Waals surface area contributed by atoms with E-state index in [1.54, 1.807) is 23.1 Å². The third-order valence-electron chi connectivity index (χ3n) is 3.49. The van der Waals surface area contributed by atoms with Gasteiger partial charge in [-0.3, -0.25) is 4.79 Å². The quantitative estimate of drug-likeness (QED) is 0.642. The van der Waals surface area contributed by atoms with Crippen LogP contribution in [-0.4, -0.2) is 34.2 Å². The number of rotatable bonds is 4. The summed E-state index contributed by atoms with van der Waals surface area (Å²) in [4.78, 5) is 16.5. The smallest absolute Gasteiger partial charge is 0.277 e. The number of benzene rings is 1.